The zero-order valence-electron chi connectivity index (χ0n) is 10.2. The van der Waals surface area contributed by atoms with Crippen LogP contribution >= 0.6 is 0 Å². The second kappa shape index (κ2) is 6.51. The van der Waals surface area contributed by atoms with E-state index in [9.17, 15) is 5.11 Å². The molecular weight excluding hydrogens is 202 g/mol. The molecule has 0 aliphatic heterocycles. The lowest BCUT2D eigenvalue weighted by atomic mass is 10.1. The average molecular weight is 223 g/mol. The normalized spacial score (nSPS) is 14.7. The minimum Gasteiger partial charge on any atom is -0.508 e. The lowest BCUT2D eigenvalue weighted by Crippen LogP contribution is -2.29. The number of nitrogens with one attached hydrogen (secondary N) is 1. The van der Waals surface area contributed by atoms with Crippen LogP contribution in [0.5, 0.6) is 5.75 Å². The van der Waals surface area contributed by atoms with Crippen LogP contribution in [0, 0.1) is 0 Å². The second-order valence-corrected chi connectivity index (χ2v) is 3.99. The number of phenols is 1. The van der Waals surface area contributed by atoms with Gasteiger partial charge in [-0.2, -0.15) is 0 Å². The fourth-order valence-electron chi connectivity index (χ4n) is 1.57. The molecule has 2 atom stereocenters. The highest BCUT2D eigenvalue weighted by Gasteiger charge is 2.07. The van der Waals surface area contributed by atoms with Crippen LogP contribution in [0.2, 0.25) is 0 Å². The molecule has 0 fully saturated rings. The summed E-state index contributed by atoms with van der Waals surface area (Å²) in [4.78, 5) is 0. The molecule has 0 amide bonds. The molecule has 0 spiro atoms. The zero-order valence-corrected chi connectivity index (χ0v) is 10.2. The zero-order chi connectivity index (χ0) is 12.0. The monoisotopic (exact) mass is 223 g/mol. The Hall–Kier alpha value is -1.06. The third kappa shape index (κ3) is 4.21. The third-order valence-corrected chi connectivity index (χ3v) is 2.56. The summed E-state index contributed by atoms with van der Waals surface area (Å²) in [5.41, 5.74) is 1.17. The predicted octanol–water partition coefficient (Wildman–Crippen LogP) is 2.47. The van der Waals surface area contributed by atoms with Gasteiger partial charge in [-0.25, -0.2) is 0 Å². The van der Waals surface area contributed by atoms with E-state index in [4.69, 9.17) is 4.74 Å². The molecule has 0 aliphatic rings. The molecule has 0 saturated carbocycles. The van der Waals surface area contributed by atoms with Crippen molar-refractivity contribution in [1.29, 1.82) is 0 Å². The van der Waals surface area contributed by atoms with E-state index in [1.54, 1.807) is 12.1 Å². The van der Waals surface area contributed by atoms with E-state index in [2.05, 4.69) is 19.2 Å². The largest absolute Gasteiger partial charge is 0.508 e. The minimum atomic E-state index is 0.226. The van der Waals surface area contributed by atoms with Crippen LogP contribution in [-0.2, 0) is 4.74 Å². The van der Waals surface area contributed by atoms with Crippen LogP contribution < -0.4 is 5.32 Å². The van der Waals surface area contributed by atoms with E-state index >= 15 is 0 Å². The molecule has 3 nitrogen and oxygen atoms in total. The Morgan fingerprint density at radius 3 is 2.44 bits per heavy atom. The van der Waals surface area contributed by atoms with Crippen molar-refractivity contribution in [3.63, 3.8) is 0 Å². The Morgan fingerprint density at radius 2 is 1.88 bits per heavy atom. The van der Waals surface area contributed by atoms with Crippen molar-refractivity contribution >= 4 is 0 Å². The maximum atomic E-state index is 9.19. The second-order valence-electron chi connectivity index (χ2n) is 3.99. The highest BCUT2D eigenvalue weighted by atomic mass is 16.5. The summed E-state index contributed by atoms with van der Waals surface area (Å²) >= 11 is 0. The SMILES string of the molecule is CCOC(C)CNC(C)c1ccc(O)cc1. The van der Waals surface area contributed by atoms with Gasteiger partial charge in [0.15, 0.2) is 0 Å². The topological polar surface area (TPSA) is 41.5 Å². The summed E-state index contributed by atoms with van der Waals surface area (Å²) in [6.07, 6.45) is 0.226. The summed E-state index contributed by atoms with van der Waals surface area (Å²) in [7, 11) is 0. The number of hydrogen-bond acceptors (Lipinski definition) is 3. The van der Waals surface area contributed by atoms with E-state index in [-0.39, 0.29) is 12.1 Å². The lowest BCUT2D eigenvalue weighted by Gasteiger charge is -2.18. The molecule has 16 heavy (non-hydrogen) atoms. The molecule has 2 N–H and O–H groups in total. The van der Waals surface area contributed by atoms with Gasteiger partial charge < -0.3 is 15.2 Å². The van der Waals surface area contributed by atoms with Gasteiger partial charge in [0.2, 0.25) is 0 Å². The van der Waals surface area contributed by atoms with Gasteiger partial charge in [0.05, 0.1) is 6.10 Å². The number of rotatable bonds is 6. The molecule has 0 saturated heterocycles. The summed E-state index contributed by atoms with van der Waals surface area (Å²) < 4.78 is 5.44. The number of phenolic OH excluding ortho intramolecular Hbond substituents is 1. The number of benzene rings is 1. The van der Waals surface area contributed by atoms with E-state index in [0.717, 1.165) is 13.2 Å². The van der Waals surface area contributed by atoms with Gasteiger partial charge in [0, 0.05) is 19.2 Å². The highest BCUT2D eigenvalue weighted by Crippen LogP contribution is 2.16. The average Bonchev–Trinajstić information content (AvgIpc) is 2.27. The molecule has 1 aromatic rings. The Bertz CT molecular complexity index is 297. The molecule has 2 unspecified atom stereocenters. The van der Waals surface area contributed by atoms with Crippen molar-refractivity contribution in [3.05, 3.63) is 29.8 Å². The Labute approximate surface area is 97.4 Å². The fraction of sp³-hybridized carbons (Fsp3) is 0.538. The van der Waals surface area contributed by atoms with Gasteiger partial charge in [0.25, 0.3) is 0 Å². The first-order valence-electron chi connectivity index (χ1n) is 5.77. The third-order valence-electron chi connectivity index (χ3n) is 2.56. The molecule has 0 aliphatic carbocycles. The number of aromatic hydroxyl groups is 1. The highest BCUT2D eigenvalue weighted by molar-refractivity contribution is 5.27. The Morgan fingerprint density at radius 1 is 1.25 bits per heavy atom. The number of hydrogen-bond donors (Lipinski definition) is 2. The Balaban J connectivity index is 2.40. The van der Waals surface area contributed by atoms with Gasteiger partial charge in [0.1, 0.15) is 5.75 Å². The molecule has 1 aromatic carbocycles. The summed E-state index contributed by atoms with van der Waals surface area (Å²) in [6, 6.07) is 7.54. The molecule has 0 radical (unpaired) electrons. The van der Waals surface area contributed by atoms with Crippen molar-refractivity contribution in [1.82, 2.24) is 5.32 Å². The lowest BCUT2D eigenvalue weighted by molar-refractivity contribution is 0.0743. The van der Waals surface area contributed by atoms with E-state index in [1.807, 2.05) is 19.1 Å². The van der Waals surface area contributed by atoms with Crippen molar-refractivity contribution in [3.8, 4) is 5.75 Å². The van der Waals surface area contributed by atoms with Crippen molar-refractivity contribution in [2.45, 2.75) is 32.9 Å². The van der Waals surface area contributed by atoms with Crippen molar-refractivity contribution in [2.75, 3.05) is 13.2 Å². The smallest absolute Gasteiger partial charge is 0.115 e. The van der Waals surface area contributed by atoms with Crippen LogP contribution in [-0.4, -0.2) is 24.4 Å². The maximum absolute atomic E-state index is 9.19. The summed E-state index contributed by atoms with van der Waals surface area (Å²) in [5.74, 6) is 0.304. The van der Waals surface area contributed by atoms with Crippen LogP contribution in [0.1, 0.15) is 32.4 Å². The molecule has 90 valence electrons. The van der Waals surface area contributed by atoms with E-state index < -0.39 is 0 Å². The van der Waals surface area contributed by atoms with Gasteiger partial charge in [-0.1, -0.05) is 12.1 Å². The fourth-order valence-corrected chi connectivity index (χ4v) is 1.57. The van der Waals surface area contributed by atoms with Gasteiger partial charge in [-0.05, 0) is 38.5 Å². The number of ether oxygens (including phenoxy) is 1. The molecule has 0 bridgehead atoms. The summed E-state index contributed by atoms with van der Waals surface area (Å²) in [5, 5.41) is 12.6. The van der Waals surface area contributed by atoms with Crippen molar-refractivity contribution in [2.24, 2.45) is 0 Å². The molecule has 0 aromatic heterocycles. The van der Waals surface area contributed by atoms with Crippen LogP contribution in [0.15, 0.2) is 24.3 Å². The standard InChI is InChI=1S/C13H21NO2/c1-4-16-10(2)9-14-11(3)12-5-7-13(15)8-6-12/h5-8,10-11,14-15H,4,9H2,1-3H3. The first kappa shape index (κ1) is 13.0. The molecule has 1 rings (SSSR count). The van der Waals surface area contributed by atoms with Gasteiger partial charge in [-0.3, -0.25) is 0 Å². The van der Waals surface area contributed by atoms with Crippen LogP contribution in [0.4, 0.5) is 0 Å². The van der Waals surface area contributed by atoms with Crippen LogP contribution in [0.25, 0.3) is 0 Å². The predicted molar refractivity (Wildman–Crippen MR) is 65.6 cm³/mol. The molecule has 3 heteroatoms. The van der Waals surface area contributed by atoms with Gasteiger partial charge in [-0.15, -0.1) is 0 Å². The first-order valence-corrected chi connectivity index (χ1v) is 5.77. The molecular formula is C13H21NO2. The van der Waals surface area contributed by atoms with Crippen molar-refractivity contribution < 1.29 is 9.84 Å². The summed E-state index contributed by atoms with van der Waals surface area (Å²) in [6.45, 7) is 7.73. The molecule has 0 heterocycles. The Kier molecular flexibility index (Phi) is 5.29. The maximum Gasteiger partial charge on any atom is 0.115 e. The van der Waals surface area contributed by atoms with E-state index in [1.165, 1.54) is 5.56 Å². The minimum absolute atomic E-state index is 0.226. The first-order chi connectivity index (χ1) is 7.63. The van der Waals surface area contributed by atoms with E-state index in [0.29, 0.717) is 5.75 Å². The quantitative estimate of drug-likeness (QED) is 0.778. The van der Waals surface area contributed by atoms with Crippen LogP contribution in [0.3, 0.4) is 0 Å². The van der Waals surface area contributed by atoms with Gasteiger partial charge >= 0.3 is 0 Å².